The highest BCUT2D eigenvalue weighted by molar-refractivity contribution is 6.09. The minimum Gasteiger partial charge on any atom is -0.441 e. The van der Waals surface area contributed by atoms with Crippen molar-refractivity contribution in [3.8, 4) is 5.82 Å². The Kier molecular flexibility index (Phi) is 8.29. The van der Waals surface area contributed by atoms with Gasteiger partial charge in [-0.1, -0.05) is 118 Å². The molecule has 0 amide bonds. The summed E-state index contributed by atoms with van der Waals surface area (Å²) in [4.78, 5) is 19.1. The number of aromatic nitrogens is 4. The highest BCUT2D eigenvalue weighted by atomic mass is 16.3. The Balaban J connectivity index is 1.21. The van der Waals surface area contributed by atoms with Crippen molar-refractivity contribution in [1.29, 1.82) is 0 Å². The van der Waals surface area contributed by atoms with E-state index in [1.54, 1.807) is 0 Å². The maximum atomic E-state index is 6.06. The van der Waals surface area contributed by atoms with E-state index in [1.807, 2.05) is 18.5 Å². The molecule has 0 radical (unpaired) electrons. The van der Waals surface area contributed by atoms with Gasteiger partial charge < -0.3 is 14.2 Å². The van der Waals surface area contributed by atoms with Crippen LogP contribution in [0.15, 0.2) is 181 Å². The van der Waals surface area contributed by atoms with Gasteiger partial charge in [0.2, 0.25) is 0 Å². The highest BCUT2D eigenvalue weighted by Crippen LogP contribution is 2.45. The minimum atomic E-state index is -0.0561. The van der Waals surface area contributed by atoms with E-state index in [1.165, 1.54) is 12.0 Å². The van der Waals surface area contributed by atoms with Gasteiger partial charge in [0.15, 0.2) is 23.4 Å². The quantitative estimate of drug-likeness (QED) is 0.152. The Bertz CT molecular complexity index is 2880. The van der Waals surface area contributed by atoms with Crippen LogP contribution in [0.25, 0.3) is 39.1 Å². The van der Waals surface area contributed by atoms with Crippen molar-refractivity contribution in [2.75, 3.05) is 16.5 Å². The topological polar surface area (TPSA) is 63.2 Å². The van der Waals surface area contributed by atoms with E-state index in [2.05, 4.69) is 187 Å². The van der Waals surface area contributed by atoms with Crippen molar-refractivity contribution in [2.24, 2.45) is 0 Å². The fourth-order valence-corrected chi connectivity index (χ4v) is 8.07. The molecule has 0 saturated heterocycles. The van der Waals surface area contributed by atoms with Gasteiger partial charge in [0.25, 0.3) is 0 Å². The number of fused-ring (bicyclic) bond motifs is 4. The fourth-order valence-electron chi connectivity index (χ4n) is 8.07. The van der Waals surface area contributed by atoms with Gasteiger partial charge in [-0.3, -0.25) is 4.57 Å². The Morgan fingerprint density at radius 2 is 1.23 bits per heavy atom. The molecule has 4 aromatic heterocycles. The second kappa shape index (κ2) is 13.8. The van der Waals surface area contributed by atoms with Crippen molar-refractivity contribution < 1.29 is 4.42 Å². The molecule has 0 atom stereocenters. The first kappa shape index (κ1) is 34.3. The van der Waals surface area contributed by atoms with Crippen LogP contribution in [0.1, 0.15) is 48.6 Å². The van der Waals surface area contributed by atoms with Gasteiger partial charge >= 0.3 is 0 Å². The average molecular weight is 741 g/mol. The van der Waals surface area contributed by atoms with E-state index in [4.69, 9.17) is 19.4 Å². The molecule has 0 bridgehead atoms. The minimum absolute atomic E-state index is 0.0561. The van der Waals surface area contributed by atoms with E-state index < -0.39 is 0 Å². The van der Waals surface area contributed by atoms with Crippen LogP contribution in [0.2, 0.25) is 0 Å². The molecule has 1 aliphatic rings. The predicted molar refractivity (Wildman–Crippen MR) is 232 cm³/mol. The summed E-state index contributed by atoms with van der Waals surface area (Å²) in [6.07, 6.45) is 5.29. The largest absolute Gasteiger partial charge is 0.441 e. The molecule has 57 heavy (non-hydrogen) atoms. The number of hydrogen-bond donors (Lipinski definition) is 0. The molecule has 5 heterocycles. The summed E-state index contributed by atoms with van der Waals surface area (Å²) in [5.74, 6) is 1.73. The van der Waals surface area contributed by atoms with E-state index in [-0.39, 0.29) is 5.41 Å². The molecule has 9 aromatic rings. The third-order valence-electron chi connectivity index (χ3n) is 10.9. The van der Waals surface area contributed by atoms with Crippen molar-refractivity contribution in [3.05, 3.63) is 204 Å². The lowest BCUT2D eigenvalue weighted by Crippen LogP contribution is -2.24. The number of anilines is 4. The standard InChI is InChI=1S/C50H40N6O/c1-50(2,3)38-26-28-51-44(31-38)56-43-30-37(24-25-41(43)47-49(56)53-32-57-47)46(45(34-15-7-4-8-16-34)35-17-9-5-10-18-35)36-19-13-22-40(29-36)55-33-54(39-20-11-6-12-21-39)42-23-14-27-52-48(42)55/h4-32H,33H2,1-3H3. The van der Waals surface area contributed by atoms with E-state index in [0.29, 0.717) is 6.67 Å². The molecule has 0 spiro atoms. The molecule has 1 aliphatic heterocycles. The number of nitrogens with zero attached hydrogens (tertiary/aromatic N) is 6. The molecule has 7 nitrogen and oxygen atoms in total. The lowest BCUT2D eigenvalue weighted by Gasteiger charge is -2.23. The molecular formula is C50H40N6O. The van der Waals surface area contributed by atoms with Gasteiger partial charge in [0.1, 0.15) is 12.5 Å². The van der Waals surface area contributed by atoms with Gasteiger partial charge in [-0.15, -0.1) is 0 Å². The van der Waals surface area contributed by atoms with Crippen LogP contribution in [0.4, 0.5) is 22.9 Å². The zero-order valence-electron chi connectivity index (χ0n) is 32.0. The first-order chi connectivity index (χ1) is 27.9. The van der Waals surface area contributed by atoms with Crippen molar-refractivity contribution in [3.63, 3.8) is 0 Å². The Labute approximate surface area is 331 Å². The maximum Gasteiger partial charge on any atom is 0.186 e. The molecule has 276 valence electrons. The molecule has 7 heteroatoms. The lowest BCUT2D eigenvalue weighted by molar-refractivity contribution is 0.588. The highest BCUT2D eigenvalue weighted by Gasteiger charge is 2.30. The van der Waals surface area contributed by atoms with Crippen LogP contribution in [0.5, 0.6) is 0 Å². The first-order valence-electron chi connectivity index (χ1n) is 19.3. The zero-order valence-corrected chi connectivity index (χ0v) is 32.0. The van der Waals surface area contributed by atoms with Crippen LogP contribution >= 0.6 is 0 Å². The molecule has 0 saturated carbocycles. The number of benzene rings is 5. The second-order valence-electron chi connectivity index (χ2n) is 15.4. The van der Waals surface area contributed by atoms with Crippen molar-refractivity contribution in [2.45, 2.75) is 26.2 Å². The molecule has 0 aliphatic carbocycles. The Morgan fingerprint density at radius 1 is 0.561 bits per heavy atom. The summed E-state index contributed by atoms with van der Waals surface area (Å²) in [5.41, 5.74) is 13.5. The SMILES string of the molecule is CC(C)(C)c1ccnc(-n2c3cc(C(=C(c4ccccc4)c4ccccc4)c4cccc(N5CN(c6ccccc6)c6cccnc65)c4)ccc3c3ocnc32)c1. The molecule has 10 rings (SSSR count). The number of hydrogen-bond acceptors (Lipinski definition) is 6. The van der Waals surface area contributed by atoms with Gasteiger partial charge in [-0.2, -0.15) is 4.98 Å². The van der Waals surface area contributed by atoms with Crippen LogP contribution in [0.3, 0.4) is 0 Å². The summed E-state index contributed by atoms with van der Waals surface area (Å²) in [6.45, 7) is 7.30. The normalized spacial score (nSPS) is 12.7. The molecule has 0 unspecified atom stereocenters. The van der Waals surface area contributed by atoms with Gasteiger partial charge in [0, 0.05) is 29.2 Å². The lowest BCUT2D eigenvalue weighted by atomic mass is 9.85. The summed E-state index contributed by atoms with van der Waals surface area (Å²) in [6, 6.07) is 55.8. The number of pyridine rings is 2. The summed E-state index contributed by atoms with van der Waals surface area (Å²) < 4.78 is 8.19. The maximum absolute atomic E-state index is 6.06. The van der Waals surface area contributed by atoms with E-state index >= 15 is 0 Å². The Morgan fingerprint density at radius 3 is 1.96 bits per heavy atom. The summed E-state index contributed by atoms with van der Waals surface area (Å²) in [7, 11) is 0. The number of oxazole rings is 1. The van der Waals surface area contributed by atoms with E-state index in [9.17, 15) is 0 Å². The first-order valence-corrected chi connectivity index (χ1v) is 19.3. The van der Waals surface area contributed by atoms with Gasteiger partial charge in [-0.05, 0) is 105 Å². The molecule has 0 fully saturated rings. The van der Waals surface area contributed by atoms with Gasteiger partial charge in [0.05, 0.1) is 11.2 Å². The van der Waals surface area contributed by atoms with E-state index in [0.717, 1.165) is 84.2 Å². The molecular weight excluding hydrogens is 701 g/mol. The number of para-hydroxylation sites is 1. The predicted octanol–water partition coefficient (Wildman–Crippen LogP) is 12.1. The zero-order chi connectivity index (χ0) is 38.5. The fraction of sp³-hybridized carbons (Fsp3) is 0.100. The monoisotopic (exact) mass is 740 g/mol. The van der Waals surface area contributed by atoms with Crippen LogP contribution in [0, 0.1) is 0 Å². The van der Waals surface area contributed by atoms with Crippen LogP contribution < -0.4 is 9.80 Å². The van der Waals surface area contributed by atoms with Crippen molar-refractivity contribution >= 4 is 56.2 Å². The second-order valence-corrected chi connectivity index (χ2v) is 15.4. The molecule has 5 aromatic carbocycles. The molecule has 0 N–H and O–H groups in total. The Hall–Kier alpha value is -7.25. The third-order valence-corrected chi connectivity index (χ3v) is 10.9. The summed E-state index contributed by atoms with van der Waals surface area (Å²) in [5, 5.41) is 0.976. The average Bonchev–Trinajstić information content (AvgIpc) is 3.97. The number of rotatable bonds is 7. The third kappa shape index (κ3) is 6.05. The van der Waals surface area contributed by atoms with Crippen LogP contribution in [-0.4, -0.2) is 26.2 Å². The van der Waals surface area contributed by atoms with Crippen LogP contribution in [-0.2, 0) is 5.41 Å². The van der Waals surface area contributed by atoms with Gasteiger partial charge in [-0.25, -0.2) is 9.97 Å². The summed E-state index contributed by atoms with van der Waals surface area (Å²) >= 11 is 0. The van der Waals surface area contributed by atoms with Crippen molar-refractivity contribution in [1.82, 2.24) is 19.5 Å². The smallest absolute Gasteiger partial charge is 0.186 e.